The van der Waals surface area contributed by atoms with Gasteiger partial charge in [-0.2, -0.15) is 0 Å². The van der Waals surface area contributed by atoms with Crippen LogP contribution in [0, 0.1) is 0 Å². The molecule has 0 saturated heterocycles. The molecule has 0 aliphatic rings. The van der Waals surface area contributed by atoms with Gasteiger partial charge in [0.2, 0.25) is 0 Å². The molecule has 3 aromatic rings. The summed E-state index contributed by atoms with van der Waals surface area (Å²) in [6, 6.07) is 10.5. The van der Waals surface area contributed by atoms with Crippen molar-refractivity contribution in [2.24, 2.45) is 0 Å². The molecule has 0 bridgehead atoms. The standard InChI is InChI=1S/C15H16N4Se/c1-11(7-13-9-16-10-17-13)15-19-18-14(20-15)8-12-5-3-2-4-6-12/h2-6,9-11H,7-8H2,1H3,(H,16,17). The van der Waals surface area contributed by atoms with E-state index in [9.17, 15) is 0 Å². The number of nitrogens with one attached hydrogen (secondary N) is 1. The zero-order valence-electron chi connectivity index (χ0n) is 11.3. The molecule has 0 amide bonds. The number of hydrogen-bond acceptors (Lipinski definition) is 3. The van der Waals surface area contributed by atoms with Gasteiger partial charge in [0.25, 0.3) is 0 Å². The van der Waals surface area contributed by atoms with Crippen LogP contribution in [0.15, 0.2) is 42.9 Å². The minimum absolute atomic E-state index is 0.287. The van der Waals surface area contributed by atoms with Gasteiger partial charge in [-0.05, 0) is 0 Å². The van der Waals surface area contributed by atoms with Gasteiger partial charge in [0.1, 0.15) is 0 Å². The predicted molar refractivity (Wildman–Crippen MR) is 78.9 cm³/mol. The maximum atomic E-state index is 4.39. The van der Waals surface area contributed by atoms with Crippen LogP contribution in [0.1, 0.15) is 33.2 Å². The van der Waals surface area contributed by atoms with Crippen molar-refractivity contribution in [3.63, 3.8) is 0 Å². The fraction of sp³-hybridized carbons (Fsp3) is 0.267. The van der Waals surface area contributed by atoms with E-state index < -0.39 is 0 Å². The van der Waals surface area contributed by atoms with Crippen LogP contribution in [0.3, 0.4) is 0 Å². The number of hydrogen-bond donors (Lipinski definition) is 1. The first-order valence-corrected chi connectivity index (χ1v) is 8.36. The Morgan fingerprint density at radius 3 is 2.80 bits per heavy atom. The van der Waals surface area contributed by atoms with Gasteiger partial charge in [0.05, 0.1) is 0 Å². The van der Waals surface area contributed by atoms with Crippen molar-refractivity contribution in [2.75, 3.05) is 0 Å². The van der Waals surface area contributed by atoms with Gasteiger partial charge < -0.3 is 0 Å². The topological polar surface area (TPSA) is 54.5 Å². The first kappa shape index (κ1) is 13.3. The summed E-state index contributed by atoms with van der Waals surface area (Å²) in [6.45, 7) is 2.21. The summed E-state index contributed by atoms with van der Waals surface area (Å²) in [4.78, 5) is 7.20. The molecule has 102 valence electrons. The van der Waals surface area contributed by atoms with Crippen molar-refractivity contribution in [2.45, 2.75) is 25.7 Å². The first-order chi connectivity index (χ1) is 9.81. The number of aromatic amines is 1. The molecule has 1 N–H and O–H groups in total. The number of rotatable bonds is 5. The third-order valence-electron chi connectivity index (χ3n) is 3.18. The molecule has 0 radical (unpaired) electrons. The van der Waals surface area contributed by atoms with E-state index in [1.807, 2.05) is 12.3 Å². The Bertz CT molecular complexity index is 646. The molecule has 0 fully saturated rings. The van der Waals surface area contributed by atoms with E-state index in [-0.39, 0.29) is 14.5 Å². The van der Waals surface area contributed by atoms with Gasteiger partial charge in [0, 0.05) is 0 Å². The van der Waals surface area contributed by atoms with Crippen LogP contribution < -0.4 is 0 Å². The summed E-state index contributed by atoms with van der Waals surface area (Å²) < 4.78 is 2.45. The van der Waals surface area contributed by atoms with Gasteiger partial charge in [0.15, 0.2) is 0 Å². The Balaban J connectivity index is 1.67. The van der Waals surface area contributed by atoms with E-state index in [0.717, 1.165) is 18.5 Å². The predicted octanol–water partition coefficient (Wildman–Crippen LogP) is 2.19. The second-order valence-corrected chi connectivity index (χ2v) is 7.17. The van der Waals surface area contributed by atoms with Crippen LogP contribution in [0.5, 0.6) is 0 Å². The van der Waals surface area contributed by atoms with Crippen LogP contribution in [0.4, 0.5) is 0 Å². The normalized spacial score (nSPS) is 12.4. The van der Waals surface area contributed by atoms with Gasteiger partial charge in [-0.15, -0.1) is 0 Å². The molecule has 1 aromatic carbocycles. The Kier molecular flexibility index (Phi) is 4.09. The zero-order valence-corrected chi connectivity index (χ0v) is 13.0. The van der Waals surface area contributed by atoms with E-state index in [2.05, 4.69) is 51.4 Å². The second kappa shape index (κ2) is 6.16. The molecule has 3 rings (SSSR count). The Hall–Kier alpha value is -1.71. The van der Waals surface area contributed by atoms with Crippen LogP contribution >= 0.6 is 0 Å². The molecule has 1 unspecified atom stereocenters. The monoisotopic (exact) mass is 332 g/mol. The summed E-state index contributed by atoms with van der Waals surface area (Å²) in [5, 5.41) is 8.76. The summed E-state index contributed by atoms with van der Waals surface area (Å²) in [5.74, 6) is 0.424. The van der Waals surface area contributed by atoms with Crippen LogP contribution in [-0.2, 0) is 12.8 Å². The van der Waals surface area contributed by atoms with Crippen molar-refractivity contribution in [1.82, 2.24) is 20.2 Å². The van der Waals surface area contributed by atoms with Crippen molar-refractivity contribution in [3.05, 3.63) is 63.2 Å². The summed E-state index contributed by atoms with van der Waals surface area (Å²) >= 11 is 0.287. The summed E-state index contributed by atoms with van der Waals surface area (Å²) in [6.07, 6.45) is 5.48. The fourth-order valence-corrected chi connectivity index (χ4v) is 4.07. The first-order valence-electron chi connectivity index (χ1n) is 6.64. The SMILES string of the molecule is CC(Cc1cnc[nH]1)c1nnc(Cc2ccccc2)[se]1. The number of aromatic nitrogens is 4. The average Bonchev–Trinajstić information content (AvgIpc) is 3.11. The van der Waals surface area contributed by atoms with Crippen LogP contribution in [0.25, 0.3) is 0 Å². The Morgan fingerprint density at radius 1 is 1.20 bits per heavy atom. The Labute approximate surface area is 124 Å². The molecule has 0 aliphatic carbocycles. The summed E-state index contributed by atoms with van der Waals surface area (Å²) in [7, 11) is 0. The second-order valence-electron chi connectivity index (χ2n) is 4.88. The molecule has 0 spiro atoms. The molecule has 0 aliphatic heterocycles. The minimum atomic E-state index is 0.287. The van der Waals surface area contributed by atoms with E-state index >= 15 is 0 Å². The average molecular weight is 331 g/mol. The van der Waals surface area contributed by atoms with Crippen LogP contribution in [-0.4, -0.2) is 34.7 Å². The zero-order chi connectivity index (χ0) is 13.8. The number of nitrogens with zero attached hydrogens (tertiary/aromatic N) is 3. The summed E-state index contributed by atoms with van der Waals surface area (Å²) in [5.41, 5.74) is 2.47. The molecule has 4 nitrogen and oxygen atoms in total. The molecular weight excluding hydrogens is 315 g/mol. The van der Waals surface area contributed by atoms with E-state index in [1.165, 1.54) is 14.7 Å². The molecule has 20 heavy (non-hydrogen) atoms. The molecule has 5 heteroatoms. The fourth-order valence-electron chi connectivity index (χ4n) is 2.12. The Morgan fingerprint density at radius 2 is 2.05 bits per heavy atom. The third kappa shape index (κ3) is 3.24. The van der Waals surface area contributed by atoms with E-state index in [0.29, 0.717) is 5.92 Å². The van der Waals surface area contributed by atoms with Gasteiger partial charge in [-0.1, -0.05) is 0 Å². The third-order valence-corrected chi connectivity index (χ3v) is 5.61. The number of H-pyrrole nitrogens is 1. The molecular formula is C15H16N4Se. The molecule has 2 heterocycles. The van der Waals surface area contributed by atoms with Gasteiger partial charge in [-0.3, -0.25) is 0 Å². The van der Waals surface area contributed by atoms with Crippen molar-refractivity contribution in [3.8, 4) is 0 Å². The quantitative estimate of drug-likeness (QED) is 0.729. The molecule has 0 saturated carbocycles. The van der Waals surface area contributed by atoms with E-state index in [1.54, 1.807) is 6.33 Å². The molecule has 1 atom stereocenters. The van der Waals surface area contributed by atoms with Gasteiger partial charge >= 0.3 is 124 Å². The van der Waals surface area contributed by atoms with Crippen molar-refractivity contribution >= 4 is 14.5 Å². The number of benzene rings is 1. The van der Waals surface area contributed by atoms with E-state index in [4.69, 9.17) is 0 Å². The van der Waals surface area contributed by atoms with Crippen molar-refractivity contribution in [1.29, 1.82) is 0 Å². The van der Waals surface area contributed by atoms with Gasteiger partial charge in [-0.25, -0.2) is 0 Å². The number of imidazole rings is 1. The molecule has 2 aromatic heterocycles. The maximum absolute atomic E-state index is 4.39. The van der Waals surface area contributed by atoms with Crippen LogP contribution in [0.2, 0.25) is 0 Å². The van der Waals surface area contributed by atoms with Crippen molar-refractivity contribution < 1.29 is 0 Å².